The van der Waals surface area contributed by atoms with Gasteiger partial charge in [0.05, 0.1) is 11.5 Å². The molecule has 2 N–H and O–H groups in total. The molecule has 4 rings (SSSR count). The number of benzene rings is 2. The number of nitrogens with one attached hydrogen (secondary N) is 1. The van der Waals surface area contributed by atoms with Crippen molar-refractivity contribution in [3.8, 4) is 0 Å². The van der Waals surface area contributed by atoms with E-state index in [4.69, 9.17) is 0 Å². The van der Waals surface area contributed by atoms with Gasteiger partial charge in [0.25, 0.3) is 0 Å². The van der Waals surface area contributed by atoms with E-state index in [0.717, 1.165) is 18.2 Å². The Hall–Kier alpha value is -2.16. The first-order chi connectivity index (χ1) is 15.1. The maximum absolute atomic E-state index is 14.4. The minimum absolute atomic E-state index is 0. The number of hydrogen-bond donors (Lipinski definition) is 2. The van der Waals surface area contributed by atoms with Gasteiger partial charge >= 0.3 is 0 Å². The highest BCUT2D eigenvalue weighted by atomic mass is 35.5. The first-order valence-electron chi connectivity index (χ1n) is 10.7. The smallest absolute Gasteiger partial charge is 0.227 e. The van der Waals surface area contributed by atoms with Crippen LogP contribution in [0.5, 0.6) is 0 Å². The van der Waals surface area contributed by atoms with Gasteiger partial charge in [0.15, 0.2) is 11.6 Å². The first kappa shape index (κ1) is 25.5. The maximum Gasteiger partial charge on any atom is 0.227 e. The molecule has 2 heterocycles. The van der Waals surface area contributed by atoms with E-state index in [1.807, 2.05) is 0 Å². The summed E-state index contributed by atoms with van der Waals surface area (Å²) in [5.74, 6) is -5.39. The molecule has 2 aromatic rings. The van der Waals surface area contributed by atoms with Gasteiger partial charge in [0, 0.05) is 50.0 Å². The summed E-state index contributed by atoms with van der Waals surface area (Å²) in [5.41, 5.74) is -0.856. The summed E-state index contributed by atoms with van der Waals surface area (Å²) < 4.78 is 54.9. The predicted molar refractivity (Wildman–Crippen MR) is 118 cm³/mol. The first-order valence-corrected chi connectivity index (χ1v) is 10.7. The Labute approximate surface area is 196 Å². The normalized spacial score (nSPS) is 29.6. The van der Waals surface area contributed by atoms with E-state index in [-0.39, 0.29) is 37.0 Å². The number of aliphatic hydroxyl groups is 1. The summed E-state index contributed by atoms with van der Waals surface area (Å²) in [6, 6.07) is 6.76. The summed E-state index contributed by atoms with van der Waals surface area (Å²) in [5, 5.41) is 14.6. The van der Waals surface area contributed by atoms with Crippen LogP contribution in [0.1, 0.15) is 30.9 Å². The van der Waals surface area contributed by atoms with E-state index in [2.05, 4.69) is 5.32 Å². The van der Waals surface area contributed by atoms with Crippen LogP contribution in [0.15, 0.2) is 36.4 Å². The molecule has 4 atom stereocenters. The molecule has 0 saturated carbocycles. The highest BCUT2D eigenvalue weighted by Gasteiger charge is 2.48. The van der Waals surface area contributed by atoms with Crippen molar-refractivity contribution >= 4 is 18.3 Å². The maximum atomic E-state index is 14.4. The van der Waals surface area contributed by atoms with Gasteiger partial charge in [0.1, 0.15) is 11.6 Å². The SMILES string of the molecule is CC1CN(C(=O)[C@@H]2CNC[C@H]2c2ccc(F)cc2F)CC(C)C1(O)c1ccc(F)c(F)c1.Cl. The molecule has 0 aromatic heterocycles. The van der Waals surface area contributed by atoms with Crippen molar-refractivity contribution in [3.05, 3.63) is 70.8 Å². The average Bonchev–Trinajstić information content (AvgIpc) is 3.22. The summed E-state index contributed by atoms with van der Waals surface area (Å²) in [6.07, 6.45) is 0. The molecule has 0 radical (unpaired) electrons. The molecule has 1 amide bonds. The number of likely N-dealkylation sites (tertiary alicyclic amines) is 1. The van der Waals surface area contributed by atoms with Gasteiger partial charge < -0.3 is 15.3 Å². The third-order valence-electron chi connectivity index (χ3n) is 7.08. The van der Waals surface area contributed by atoms with Crippen LogP contribution >= 0.6 is 12.4 Å². The number of rotatable bonds is 3. The topological polar surface area (TPSA) is 52.6 Å². The Morgan fingerprint density at radius 1 is 0.970 bits per heavy atom. The summed E-state index contributed by atoms with van der Waals surface area (Å²) in [7, 11) is 0. The number of halogens is 5. The third-order valence-corrected chi connectivity index (χ3v) is 7.08. The summed E-state index contributed by atoms with van der Waals surface area (Å²) >= 11 is 0. The zero-order chi connectivity index (χ0) is 23.2. The van der Waals surface area contributed by atoms with Crippen LogP contribution in [-0.4, -0.2) is 42.1 Å². The lowest BCUT2D eigenvalue weighted by atomic mass is 9.70. The van der Waals surface area contributed by atoms with E-state index in [1.54, 1.807) is 18.7 Å². The Morgan fingerprint density at radius 3 is 2.24 bits per heavy atom. The van der Waals surface area contributed by atoms with E-state index >= 15 is 0 Å². The average molecular weight is 487 g/mol. The van der Waals surface area contributed by atoms with Crippen molar-refractivity contribution in [3.63, 3.8) is 0 Å². The van der Waals surface area contributed by atoms with Crippen LogP contribution in [0.2, 0.25) is 0 Å². The Balaban J connectivity index is 0.00000306. The van der Waals surface area contributed by atoms with Gasteiger partial charge in [-0.1, -0.05) is 26.0 Å². The van der Waals surface area contributed by atoms with Gasteiger partial charge in [-0.3, -0.25) is 4.79 Å². The van der Waals surface area contributed by atoms with Gasteiger partial charge in [0.2, 0.25) is 5.91 Å². The Bertz CT molecular complexity index is 1030. The fourth-order valence-corrected chi connectivity index (χ4v) is 5.30. The highest BCUT2D eigenvalue weighted by molar-refractivity contribution is 5.85. The molecule has 180 valence electrons. The second-order valence-corrected chi connectivity index (χ2v) is 9.04. The Morgan fingerprint density at radius 2 is 1.64 bits per heavy atom. The minimum atomic E-state index is -1.43. The van der Waals surface area contributed by atoms with Crippen LogP contribution in [0, 0.1) is 41.0 Å². The second kappa shape index (κ2) is 9.60. The number of nitrogens with zero attached hydrogens (tertiary/aromatic N) is 1. The molecule has 2 unspecified atom stereocenters. The molecule has 2 fully saturated rings. The monoisotopic (exact) mass is 486 g/mol. The molecule has 2 aromatic carbocycles. The van der Waals surface area contributed by atoms with Crippen molar-refractivity contribution in [2.75, 3.05) is 26.2 Å². The molecule has 0 bridgehead atoms. The van der Waals surface area contributed by atoms with Crippen molar-refractivity contribution in [1.29, 1.82) is 0 Å². The van der Waals surface area contributed by atoms with Gasteiger partial charge in [-0.05, 0) is 29.3 Å². The fraction of sp³-hybridized carbons (Fsp3) is 0.458. The van der Waals surface area contributed by atoms with Gasteiger partial charge in [-0.25, -0.2) is 17.6 Å². The minimum Gasteiger partial charge on any atom is -0.384 e. The molecule has 2 saturated heterocycles. The Kier molecular flexibility index (Phi) is 7.41. The van der Waals surface area contributed by atoms with Crippen LogP contribution in [0.25, 0.3) is 0 Å². The molecule has 0 aliphatic carbocycles. The number of carbonyl (C=O) groups is 1. The fourth-order valence-electron chi connectivity index (χ4n) is 5.30. The van der Waals surface area contributed by atoms with Crippen LogP contribution in [-0.2, 0) is 10.4 Å². The number of hydrogen-bond acceptors (Lipinski definition) is 3. The molecule has 4 nitrogen and oxygen atoms in total. The van der Waals surface area contributed by atoms with Gasteiger partial charge in [-0.2, -0.15) is 0 Å². The largest absolute Gasteiger partial charge is 0.384 e. The second-order valence-electron chi connectivity index (χ2n) is 9.04. The summed E-state index contributed by atoms with van der Waals surface area (Å²) in [6.45, 7) is 4.73. The number of piperidine rings is 1. The quantitative estimate of drug-likeness (QED) is 0.646. The van der Waals surface area contributed by atoms with Crippen molar-refractivity contribution < 1.29 is 27.5 Å². The molecule has 2 aliphatic rings. The van der Waals surface area contributed by atoms with Crippen molar-refractivity contribution in [2.45, 2.75) is 25.4 Å². The zero-order valence-corrected chi connectivity index (χ0v) is 19.1. The highest BCUT2D eigenvalue weighted by Crippen LogP contribution is 2.42. The standard InChI is InChI=1S/C24H26F4N2O2.ClH/c1-13-11-30(12-14(2)24(13,32)15-3-6-20(26)22(28)7-15)23(31)19-10-29-9-18(19)17-5-4-16(25)8-21(17)27;/h3-8,13-14,18-19,29,32H,9-12H2,1-2H3;1H/t13?,14?,18-,19+,24?;/m0./s1. The number of amides is 1. The van der Waals surface area contributed by atoms with Crippen molar-refractivity contribution in [1.82, 2.24) is 10.2 Å². The summed E-state index contributed by atoms with van der Waals surface area (Å²) in [4.78, 5) is 15.0. The van der Waals surface area contributed by atoms with E-state index in [9.17, 15) is 27.5 Å². The number of carbonyl (C=O) groups excluding carboxylic acids is 1. The van der Waals surface area contributed by atoms with Crippen molar-refractivity contribution in [2.24, 2.45) is 17.8 Å². The van der Waals surface area contributed by atoms with E-state index < -0.39 is 52.5 Å². The molecule has 33 heavy (non-hydrogen) atoms. The van der Waals surface area contributed by atoms with Crippen LogP contribution in [0.4, 0.5) is 17.6 Å². The predicted octanol–water partition coefficient (Wildman–Crippen LogP) is 3.97. The molecular formula is C24H27ClF4N2O2. The molecule has 0 spiro atoms. The third kappa shape index (κ3) is 4.48. The van der Waals surface area contributed by atoms with Crippen LogP contribution in [0.3, 0.4) is 0 Å². The molecule has 9 heteroatoms. The lowest BCUT2D eigenvalue weighted by Gasteiger charge is -2.48. The zero-order valence-electron chi connectivity index (χ0n) is 18.3. The van der Waals surface area contributed by atoms with E-state index in [1.165, 1.54) is 18.2 Å². The molecular weight excluding hydrogens is 460 g/mol. The lowest BCUT2D eigenvalue weighted by molar-refractivity contribution is -0.152. The lowest BCUT2D eigenvalue weighted by Crippen LogP contribution is -2.57. The van der Waals surface area contributed by atoms with E-state index in [0.29, 0.717) is 18.7 Å². The molecule has 2 aliphatic heterocycles. The van der Waals surface area contributed by atoms with Crippen LogP contribution < -0.4 is 5.32 Å². The van der Waals surface area contributed by atoms with Gasteiger partial charge in [-0.15, -0.1) is 12.4 Å².